The predicted molar refractivity (Wildman–Crippen MR) is 91.2 cm³/mol. The van der Waals surface area contributed by atoms with E-state index in [2.05, 4.69) is 15.2 Å². The van der Waals surface area contributed by atoms with Crippen LogP contribution >= 0.6 is 11.6 Å². The molecular weight excluding hydrogens is 328 g/mol. The number of carbonyl (C=O) groups is 1. The van der Waals surface area contributed by atoms with E-state index in [0.717, 1.165) is 44.6 Å². The van der Waals surface area contributed by atoms with Crippen molar-refractivity contribution in [2.75, 3.05) is 19.6 Å². The molecule has 24 heavy (non-hydrogen) atoms. The van der Waals surface area contributed by atoms with Crippen molar-refractivity contribution >= 4 is 17.4 Å². The van der Waals surface area contributed by atoms with Crippen molar-refractivity contribution in [2.45, 2.75) is 31.9 Å². The van der Waals surface area contributed by atoms with Crippen molar-refractivity contribution in [2.24, 2.45) is 0 Å². The monoisotopic (exact) mass is 348 g/mol. The molecule has 1 aromatic carbocycles. The van der Waals surface area contributed by atoms with Gasteiger partial charge < -0.3 is 10.0 Å². The first-order valence-corrected chi connectivity index (χ1v) is 8.56. The molecule has 0 unspecified atom stereocenters. The number of likely N-dealkylation sites (tertiary alicyclic amines) is 1. The summed E-state index contributed by atoms with van der Waals surface area (Å²) in [5.41, 5.74) is 1.49. The second-order valence-electron chi connectivity index (χ2n) is 6.16. The van der Waals surface area contributed by atoms with Crippen LogP contribution in [0.2, 0.25) is 5.02 Å². The lowest BCUT2D eigenvalue weighted by Gasteiger charge is -2.29. The predicted octanol–water partition coefficient (Wildman–Crippen LogP) is 1.81. The lowest BCUT2D eigenvalue weighted by Crippen LogP contribution is -2.37. The maximum Gasteiger partial charge on any atom is 0.184 e. The van der Waals surface area contributed by atoms with Gasteiger partial charge >= 0.3 is 0 Å². The van der Waals surface area contributed by atoms with E-state index in [-0.39, 0.29) is 18.4 Å². The highest BCUT2D eigenvalue weighted by molar-refractivity contribution is 6.30. The Labute approximate surface area is 146 Å². The number of halogens is 1. The quantitative estimate of drug-likeness (QED) is 0.806. The van der Waals surface area contributed by atoms with Gasteiger partial charge in [-0.25, -0.2) is 4.68 Å². The Morgan fingerprint density at radius 2 is 1.96 bits per heavy atom. The lowest BCUT2D eigenvalue weighted by atomic mass is 10.1. The second kappa shape index (κ2) is 7.88. The first-order chi connectivity index (χ1) is 11.6. The number of ketones is 1. The number of benzene rings is 1. The van der Waals surface area contributed by atoms with Crippen LogP contribution in [0.4, 0.5) is 0 Å². The molecule has 2 aromatic rings. The highest BCUT2D eigenvalue weighted by Crippen LogP contribution is 2.12. The van der Waals surface area contributed by atoms with E-state index in [9.17, 15) is 9.90 Å². The average molecular weight is 349 g/mol. The van der Waals surface area contributed by atoms with Crippen LogP contribution in [-0.2, 0) is 13.0 Å². The van der Waals surface area contributed by atoms with Gasteiger partial charge in [-0.05, 0) is 37.1 Å². The van der Waals surface area contributed by atoms with Crippen molar-refractivity contribution < 1.29 is 9.90 Å². The first-order valence-electron chi connectivity index (χ1n) is 8.18. The molecule has 0 spiro atoms. The van der Waals surface area contributed by atoms with E-state index in [1.54, 1.807) is 28.9 Å². The van der Waals surface area contributed by atoms with Crippen LogP contribution in [0, 0.1) is 0 Å². The molecular formula is C17H21ClN4O2. The molecule has 6 nitrogen and oxygen atoms in total. The van der Waals surface area contributed by atoms with Crippen molar-refractivity contribution in [3.63, 3.8) is 0 Å². The second-order valence-corrected chi connectivity index (χ2v) is 6.60. The van der Waals surface area contributed by atoms with Gasteiger partial charge in [0.1, 0.15) is 6.54 Å². The van der Waals surface area contributed by atoms with Gasteiger partial charge in [-0.3, -0.25) is 4.79 Å². The van der Waals surface area contributed by atoms with Gasteiger partial charge in [-0.2, -0.15) is 0 Å². The fourth-order valence-corrected chi connectivity index (χ4v) is 2.95. The number of carbonyl (C=O) groups excluding carboxylic acids is 1. The molecule has 2 heterocycles. The molecule has 7 heteroatoms. The Morgan fingerprint density at radius 3 is 2.67 bits per heavy atom. The van der Waals surface area contributed by atoms with E-state index >= 15 is 0 Å². The van der Waals surface area contributed by atoms with E-state index < -0.39 is 0 Å². The topological polar surface area (TPSA) is 71.2 Å². The average Bonchev–Trinajstić information content (AvgIpc) is 3.02. The van der Waals surface area contributed by atoms with Gasteiger partial charge in [0.05, 0.1) is 11.8 Å². The van der Waals surface area contributed by atoms with E-state index in [1.807, 2.05) is 6.20 Å². The normalized spacial score (nSPS) is 16.4. The maximum absolute atomic E-state index is 12.2. The number of aliphatic hydroxyl groups excluding tert-OH is 1. The van der Waals surface area contributed by atoms with Crippen LogP contribution in [0.5, 0.6) is 0 Å². The summed E-state index contributed by atoms with van der Waals surface area (Å²) in [6.07, 6.45) is 4.14. The minimum atomic E-state index is -0.152. The van der Waals surface area contributed by atoms with Crippen LogP contribution in [0.25, 0.3) is 0 Å². The molecule has 0 amide bonds. The molecule has 0 bridgehead atoms. The SMILES string of the molecule is O=C(Cn1cc(CCN2CCC(O)CC2)nn1)c1ccc(Cl)cc1. The molecule has 1 N–H and O–H groups in total. The van der Waals surface area contributed by atoms with Crippen LogP contribution in [0.15, 0.2) is 30.5 Å². The largest absolute Gasteiger partial charge is 0.393 e. The summed E-state index contributed by atoms with van der Waals surface area (Å²) >= 11 is 5.83. The zero-order valence-electron chi connectivity index (χ0n) is 13.4. The van der Waals surface area contributed by atoms with Crippen LogP contribution in [-0.4, -0.2) is 56.5 Å². The Morgan fingerprint density at radius 1 is 1.25 bits per heavy atom. The number of piperidine rings is 1. The lowest BCUT2D eigenvalue weighted by molar-refractivity contribution is 0.0831. The summed E-state index contributed by atoms with van der Waals surface area (Å²) in [5, 5.41) is 18.3. The van der Waals surface area contributed by atoms with Gasteiger partial charge in [0.2, 0.25) is 0 Å². The number of hydrogen-bond donors (Lipinski definition) is 1. The van der Waals surface area contributed by atoms with Gasteiger partial charge in [0, 0.05) is 42.8 Å². The summed E-state index contributed by atoms with van der Waals surface area (Å²) in [4.78, 5) is 14.5. The third-order valence-corrected chi connectivity index (χ3v) is 4.55. The van der Waals surface area contributed by atoms with Gasteiger partial charge in [0.15, 0.2) is 5.78 Å². The summed E-state index contributed by atoms with van der Waals surface area (Å²) in [6.45, 7) is 2.91. The molecule has 0 radical (unpaired) electrons. The van der Waals surface area contributed by atoms with Crippen molar-refractivity contribution in [3.8, 4) is 0 Å². The van der Waals surface area contributed by atoms with E-state index in [4.69, 9.17) is 11.6 Å². The highest BCUT2D eigenvalue weighted by atomic mass is 35.5. The van der Waals surface area contributed by atoms with Crippen LogP contribution in [0.1, 0.15) is 28.9 Å². The third kappa shape index (κ3) is 4.63. The molecule has 1 saturated heterocycles. The molecule has 0 saturated carbocycles. The van der Waals surface area contributed by atoms with Crippen LogP contribution in [0.3, 0.4) is 0 Å². The summed E-state index contributed by atoms with van der Waals surface area (Å²) in [5.74, 6) is -0.0202. The van der Waals surface area contributed by atoms with Gasteiger partial charge in [-0.15, -0.1) is 5.10 Å². The summed E-state index contributed by atoms with van der Waals surface area (Å²) in [7, 11) is 0. The van der Waals surface area contributed by atoms with Crippen LogP contribution < -0.4 is 0 Å². The Balaban J connectivity index is 1.50. The number of hydrogen-bond acceptors (Lipinski definition) is 5. The van der Waals surface area contributed by atoms with E-state index in [0.29, 0.717) is 10.6 Å². The van der Waals surface area contributed by atoms with Crippen molar-refractivity contribution in [3.05, 3.63) is 46.7 Å². The molecule has 1 aliphatic heterocycles. The minimum absolute atomic E-state index is 0.0202. The fourth-order valence-electron chi connectivity index (χ4n) is 2.82. The molecule has 0 atom stereocenters. The first kappa shape index (κ1) is 17.1. The standard InChI is InChI=1S/C17H21ClN4O2/c18-14-3-1-13(2-4-14)17(24)12-22-11-15(19-20-22)5-8-21-9-6-16(23)7-10-21/h1-4,11,16,23H,5-10,12H2. The van der Waals surface area contributed by atoms with Crippen molar-refractivity contribution in [1.82, 2.24) is 19.9 Å². The molecule has 128 valence electrons. The summed E-state index contributed by atoms with van der Waals surface area (Å²) in [6, 6.07) is 6.84. The Bertz CT molecular complexity index is 678. The Kier molecular flexibility index (Phi) is 5.60. The number of Topliss-reactive ketones (excluding diaryl/α,β-unsaturated/α-hetero) is 1. The molecule has 3 rings (SSSR count). The fraction of sp³-hybridized carbons (Fsp3) is 0.471. The maximum atomic E-state index is 12.2. The number of nitrogens with zero attached hydrogens (tertiary/aromatic N) is 4. The number of aliphatic hydroxyl groups is 1. The zero-order valence-corrected chi connectivity index (χ0v) is 14.2. The van der Waals surface area contributed by atoms with Gasteiger partial charge in [-0.1, -0.05) is 16.8 Å². The van der Waals surface area contributed by atoms with Crippen molar-refractivity contribution in [1.29, 1.82) is 0 Å². The smallest absolute Gasteiger partial charge is 0.184 e. The summed E-state index contributed by atoms with van der Waals surface area (Å²) < 4.78 is 1.58. The minimum Gasteiger partial charge on any atom is -0.393 e. The molecule has 1 fully saturated rings. The highest BCUT2D eigenvalue weighted by Gasteiger charge is 2.17. The van der Waals surface area contributed by atoms with E-state index in [1.165, 1.54) is 0 Å². The van der Waals surface area contributed by atoms with Gasteiger partial charge in [0.25, 0.3) is 0 Å². The molecule has 1 aromatic heterocycles. The third-order valence-electron chi connectivity index (χ3n) is 4.30. The number of rotatable bonds is 6. The molecule has 1 aliphatic rings. The molecule has 0 aliphatic carbocycles. The Hall–Kier alpha value is -1.76. The zero-order chi connectivity index (χ0) is 16.9. The number of aromatic nitrogens is 3.